The van der Waals surface area contributed by atoms with Crippen molar-refractivity contribution in [1.82, 2.24) is 5.32 Å². The van der Waals surface area contributed by atoms with Gasteiger partial charge in [-0.1, -0.05) is 39.0 Å². The first kappa shape index (κ1) is 13.3. The quantitative estimate of drug-likeness (QED) is 0.827. The number of hydrogen-bond donors (Lipinski definition) is 1. The zero-order chi connectivity index (χ0) is 13.2. The van der Waals surface area contributed by atoms with E-state index in [1.54, 1.807) is 0 Å². The Morgan fingerprint density at radius 1 is 1.33 bits per heavy atom. The van der Waals surface area contributed by atoms with Crippen LogP contribution < -0.4 is 5.32 Å². The summed E-state index contributed by atoms with van der Waals surface area (Å²) in [6, 6.07) is 6.13. The normalized spacial score (nSPS) is 15.3. The first-order valence-corrected chi connectivity index (χ1v) is 6.82. The monoisotopic (exact) mass is 245 g/mol. The van der Waals surface area contributed by atoms with Gasteiger partial charge in [0.1, 0.15) is 0 Å². The molecule has 0 saturated heterocycles. The number of carbonyl (C=O) groups is 1. The second kappa shape index (κ2) is 5.23. The Kier molecular flexibility index (Phi) is 3.86. The summed E-state index contributed by atoms with van der Waals surface area (Å²) in [6.07, 6.45) is 2.59. The maximum atomic E-state index is 12.3. The number of ketones is 1. The fraction of sp³-hybridized carbons (Fsp3) is 0.562. The maximum Gasteiger partial charge on any atom is 0.163 e. The molecule has 0 atom stereocenters. The number of carbonyl (C=O) groups excluding carboxylic acids is 1. The van der Waals surface area contributed by atoms with Crippen LogP contribution in [0.4, 0.5) is 0 Å². The average Bonchev–Trinajstić information content (AvgIpc) is 2.34. The maximum absolute atomic E-state index is 12.3. The Hall–Kier alpha value is -1.15. The number of fused-ring (bicyclic) bond motifs is 1. The lowest BCUT2D eigenvalue weighted by molar-refractivity contribution is 0.0964. The summed E-state index contributed by atoms with van der Waals surface area (Å²) < 4.78 is 0. The SMILES string of the molecule is CC(C)(C)CCC(=O)c1cccc2c1CCNC2. The van der Waals surface area contributed by atoms with Crippen LogP contribution in [0.5, 0.6) is 0 Å². The summed E-state index contributed by atoms with van der Waals surface area (Å²) in [5.74, 6) is 0.309. The van der Waals surface area contributed by atoms with Crippen molar-refractivity contribution >= 4 is 5.78 Å². The second-order valence-electron chi connectivity index (χ2n) is 6.35. The van der Waals surface area contributed by atoms with E-state index < -0.39 is 0 Å². The average molecular weight is 245 g/mol. The van der Waals surface area contributed by atoms with Gasteiger partial charge < -0.3 is 5.32 Å². The van der Waals surface area contributed by atoms with E-state index in [0.717, 1.165) is 31.5 Å². The third-order valence-corrected chi connectivity index (χ3v) is 3.54. The highest BCUT2D eigenvalue weighted by Crippen LogP contribution is 2.25. The minimum atomic E-state index is 0.228. The van der Waals surface area contributed by atoms with Crippen molar-refractivity contribution in [3.05, 3.63) is 34.9 Å². The molecule has 0 aliphatic carbocycles. The van der Waals surface area contributed by atoms with Crippen molar-refractivity contribution in [3.8, 4) is 0 Å². The summed E-state index contributed by atoms with van der Waals surface area (Å²) in [5.41, 5.74) is 3.75. The fourth-order valence-electron chi connectivity index (χ4n) is 2.42. The molecule has 2 rings (SSSR count). The van der Waals surface area contributed by atoms with E-state index >= 15 is 0 Å². The molecule has 0 unspecified atom stereocenters. The molecule has 1 aliphatic rings. The van der Waals surface area contributed by atoms with Gasteiger partial charge in [0.2, 0.25) is 0 Å². The number of nitrogens with one attached hydrogen (secondary N) is 1. The highest BCUT2D eigenvalue weighted by Gasteiger charge is 2.19. The molecule has 18 heavy (non-hydrogen) atoms. The third kappa shape index (κ3) is 3.20. The minimum Gasteiger partial charge on any atom is -0.312 e. The first-order valence-electron chi connectivity index (χ1n) is 6.82. The van der Waals surface area contributed by atoms with E-state index in [0.29, 0.717) is 12.2 Å². The van der Waals surface area contributed by atoms with Crippen LogP contribution in [0.1, 0.15) is 55.1 Å². The molecule has 98 valence electrons. The molecule has 2 heteroatoms. The Morgan fingerprint density at radius 2 is 2.11 bits per heavy atom. The van der Waals surface area contributed by atoms with Gasteiger partial charge in [-0.3, -0.25) is 4.79 Å². The lowest BCUT2D eigenvalue weighted by atomic mass is 9.86. The molecule has 1 aromatic carbocycles. The van der Waals surface area contributed by atoms with Crippen LogP contribution in [0.25, 0.3) is 0 Å². The fourth-order valence-corrected chi connectivity index (χ4v) is 2.42. The van der Waals surface area contributed by atoms with Crippen LogP contribution in [-0.4, -0.2) is 12.3 Å². The molecule has 0 fully saturated rings. The Balaban J connectivity index is 2.15. The van der Waals surface area contributed by atoms with Crippen molar-refractivity contribution < 1.29 is 4.79 Å². The summed E-state index contributed by atoms with van der Waals surface area (Å²) >= 11 is 0. The molecule has 2 nitrogen and oxygen atoms in total. The minimum absolute atomic E-state index is 0.228. The van der Waals surface area contributed by atoms with Crippen molar-refractivity contribution in [2.24, 2.45) is 5.41 Å². The molecular formula is C16H23NO. The predicted molar refractivity (Wildman–Crippen MR) is 74.9 cm³/mol. The highest BCUT2D eigenvalue weighted by molar-refractivity contribution is 5.97. The molecule has 0 saturated carbocycles. The molecule has 0 amide bonds. The van der Waals surface area contributed by atoms with E-state index in [9.17, 15) is 4.79 Å². The van der Waals surface area contributed by atoms with Crippen molar-refractivity contribution in [2.45, 2.75) is 46.6 Å². The van der Waals surface area contributed by atoms with E-state index in [4.69, 9.17) is 0 Å². The Bertz CT molecular complexity index is 443. The molecule has 0 spiro atoms. The lowest BCUT2D eigenvalue weighted by Gasteiger charge is -2.21. The summed E-state index contributed by atoms with van der Waals surface area (Å²) in [5, 5.41) is 3.35. The molecule has 0 radical (unpaired) electrons. The Labute approximate surface area is 110 Å². The highest BCUT2D eigenvalue weighted by atomic mass is 16.1. The standard InChI is InChI=1S/C16H23NO/c1-16(2,3)9-7-15(18)14-6-4-5-12-11-17-10-8-13(12)14/h4-6,17H,7-11H2,1-3H3. The number of hydrogen-bond acceptors (Lipinski definition) is 2. The number of benzene rings is 1. The van der Waals surface area contributed by atoms with Crippen LogP contribution in [-0.2, 0) is 13.0 Å². The molecule has 0 aromatic heterocycles. The van der Waals surface area contributed by atoms with Gasteiger partial charge in [-0.2, -0.15) is 0 Å². The lowest BCUT2D eigenvalue weighted by Crippen LogP contribution is -2.25. The molecular weight excluding hydrogens is 222 g/mol. The van der Waals surface area contributed by atoms with Crippen molar-refractivity contribution in [1.29, 1.82) is 0 Å². The van der Waals surface area contributed by atoms with Crippen LogP contribution in [0, 0.1) is 5.41 Å². The van der Waals surface area contributed by atoms with Gasteiger partial charge in [-0.15, -0.1) is 0 Å². The molecule has 0 bridgehead atoms. The number of Topliss-reactive ketones (excluding diaryl/α,β-unsaturated/α-hetero) is 1. The van der Waals surface area contributed by atoms with E-state index in [1.165, 1.54) is 11.1 Å². The second-order valence-corrected chi connectivity index (χ2v) is 6.35. The smallest absolute Gasteiger partial charge is 0.163 e. The van der Waals surface area contributed by atoms with Crippen molar-refractivity contribution in [2.75, 3.05) is 6.54 Å². The third-order valence-electron chi connectivity index (χ3n) is 3.54. The van der Waals surface area contributed by atoms with Crippen LogP contribution in [0.3, 0.4) is 0 Å². The Morgan fingerprint density at radius 3 is 2.83 bits per heavy atom. The van der Waals surface area contributed by atoms with Crippen LogP contribution in [0.15, 0.2) is 18.2 Å². The first-order chi connectivity index (χ1) is 8.47. The van der Waals surface area contributed by atoms with E-state index in [2.05, 4.69) is 32.2 Å². The topological polar surface area (TPSA) is 29.1 Å². The summed E-state index contributed by atoms with van der Waals surface area (Å²) in [4.78, 5) is 12.3. The molecule has 1 aliphatic heterocycles. The van der Waals surface area contributed by atoms with Gasteiger partial charge >= 0.3 is 0 Å². The van der Waals surface area contributed by atoms with Crippen molar-refractivity contribution in [3.63, 3.8) is 0 Å². The van der Waals surface area contributed by atoms with Gasteiger partial charge in [0.15, 0.2) is 5.78 Å². The van der Waals surface area contributed by atoms with Crippen LogP contribution in [0.2, 0.25) is 0 Å². The van der Waals surface area contributed by atoms with Gasteiger partial charge in [-0.05, 0) is 35.9 Å². The zero-order valence-corrected chi connectivity index (χ0v) is 11.7. The predicted octanol–water partition coefficient (Wildman–Crippen LogP) is 3.34. The van der Waals surface area contributed by atoms with Gasteiger partial charge in [0.25, 0.3) is 0 Å². The molecule has 1 aromatic rings. The summed E-state index contributed by atoms with van der Waals surface area (Å²) in [7, 11) is 0. The zero-order valence-electron chi connectivity index (χ0n) is 11.7. The van der Waals surface area contributed by atoms with Gasteiger partial charge in [-0.25, -0.2) is 0 Å². The van der Waals surface area contributed by atoms with E-state index in [-0.39, 0.29) is 5.41 Å². The summed E-state index contributed by atoms with van der Waals surface area (Å²) in [6.45, 7) is 8.44. The van der Waals surface area contributed by atoms with Gasteiger partial charge in [0, 0.05) is 18.5 Å². The largest absolute Gasteiger partial charge is 0.312 e. The van der Waals surface area contributed by atoms with E-state index in [1.807, 2.05) is 12.1 Å². The van der Waals surface area contributed by atoms with Crippen LogP contribution >= 0.6 is 0 Å². The molecule has 1 N–H and O–H groups in total. The number of rotatable bonds is 3. The molecule has 1 heterocycles. The van der Waals surface area contributed by atoms with Gasteiger partial charge in [0.05, 0.1) is 0 Å².